The first-order valence-electron chi connectivity index (χ1n) is 11.0. The third-order valence-electron chi connectivity index (χ3n) is 5.89. The SMILES string of the molecule is Cc1nc2cc(ON3CCN(Cc4nc(-c5cccc6ccccc56)no4)CC3)ccc2s1. The lowest BCUT2D eigenvalue weighted by molar-refractivity contribution is -0.0904. The van der Waals surface area contributed by atoms with Crippen LogP contribution in [-0.2, 0) is 6.54 Å². The van der Waals surface area contributed by atoms with E-state index in [2.05, 4.69) is 44.3 Å². The van der Waals surface area contributed by atoms with Crippen molar-refractivity contribution in [2.24, 2.45) is 0 Å². The summed E-state index contributed by atoms with van der Waals surface area (Å²) < 4.78 is 6.77. The van der Waals surface area contributed by atoms with Crippen LogP contribution in [0.5, 0.6) is 5.75 Å². The van der Waals surface area contributed by atoms with Crippen molar-refractivity contribution >= 4 is 32.3 Å². The van der Waals surface area contributed by atoms with E-state index in [-0.39, 0.29) is 0 Å². The van der Waals surface area contributed by atoms with Gasteiger partial charge in [-0.2, -0.15) is 4.98 Å². The highest BCUT2D eigenvalue weighted by Crippen LogP contribution is 2.28. The highest BCUT2D eigenvalue weighted by molar-refractivity contribution is 7.18. The molecule has 5 aromatic rings. The van der Waals surface area contributed by atoms with Crippen LogP contribution in [-0.4, -0.2) is 51.3 Å². The molecule has 1 aliphatic heterocycles. The molecule has 8 heteroatoms. The van der Waals surface area contributed by atoms with Crippen LogP contribution in [0.4, 0.5) is 0 Å². The molecular formula is C25H23N5O2S. The van der Waals surface area contributed by atoms with Crippen LogP contribution in [0.2, 0.25) is 0 Å². The van der Waals surface area contributed by atoms with Gasteiger partial charge in [0.25, 0.3) is 0 Å². The van der Waals surface area contributed by atoms with E-state index < -0.39 is 0 Å². The van der Waals surface area contributed by atoms with E-state index in [0.29, 0.717) is 18.3 Å². The number of benzene rings is 3. The molecule has 3 aromatic carbocycles. The van der Waals surface area contributed by atoms with Crippen molar-refractivity contribution in [2.75, 3.05) is 26.2 Å². The number of nitrogens with zero attached hydrogens (tertiary/aromatic N) is 5. The first-order valence-corrected chi connectivity index (χ1v) is 11.9. The van der Waals surface area contributed by atoms with Crippen molar-refractivity contribution in [3.63, 3.8) is 0 Å². The predicted molar refractivity (Wildman–Crippen MR) is 129 cm³/mol. The largest absolute Gasteiger partial charge is 0.406 e. The van der Waals surface area contributed by atoms with Gasteiger partial charge < -0.3 is 9.36 Å². The molecule has 33 heavy (non-hydrogen) atoms. The van der Waals surface area contributed by atoms with Gasteiger partial charge in [-0.3, -0.25) is 4.90 Å². The molecule has 0 spiro atoms. The standard InChI is InChI=1S/C25H23N5O2S/c1-17-26-22-15-19(9-10-23(22)33-17)32-30-13-11-29(12-14-30)16-24-27-25(28-31-24)21-8-4-6-18-5-2-3-7-20(18)21/h2-10,15H,11-14,16H2,1H3. The molecule has 1 saturated heterocycles. The molecule has 7 nitrogen and oxygen atoms in total. The molecule has 0 bridgehead atoms. The molecule has 1 aliphatic rings. The summed E-state index contributed by atoms with van der Waals surface area (Å²) in [6.07, 6.45) is 0. The van der Waals surface area contributed by atoms with E-state index in [1.807, 2.05) is 48.4 Å². The number of thiazole rings is 1. The maximum atomic E-state index is 6.09. The molecule has 0 atom stereocenters. The molecule has 3 heterocycles. The van der Waals surface area contributed by atoms with Gasteiger partial charge in [0.2, 0.25) is 11.7 Å². The molecule has 1 fully saturated rings. The van der Waals surface area contributed by atoms with Gasteiger partial charge in [0, 0.05) is 37.8 Å². The fourth-order valence-electron chi connectivity index (χ4n) is 4.25. The van der Waals surface area contributed by atoms with Crippen LogP contribution in [0, 0.1) is 6.92 Å². The minimum absolute atomic E-state index is 0.635. The van der Waals surface area contributed by atoms with Crippen molar-refractivity contribution in [3.8, 4) is 17.1 Å². The van der Waals surface area contributed by atoms with E-state index in [1.54, 1.807) is 11.3 Å². The Balaban J connectivity index is 1.08. The second-order valence-electron chi connectivity index (χ2n) is 8.20. The van der Waals surface area contributed by atoms with E-state index in [0.717, 1.165) is 53.4 Å². The highest BCUT2D eigenvalue weighted by atomic mass is 32.1. The first kappa shape index (κ1) is 20.3. The second kappa shape index (κ2) is 8.55. The van der Waals surface area contributed by atoms with Gasteiger partial charge in [-0.05, 0) is 29.8 Å². The summed E-state index contributed by atoms with van der Waals surface area (Å²) >= 11 is 1.70. The fraction of sp³-hybridized carbons (Fsp3) is 0.240. The van der Waals surface area contributed by atoms with Gasteiger partial charge in [-0.15, -0.1) is 16.4 Å². The molecule has 0 amide bonds. The summed E-state index contributed by atoms with van der Waals surface area (Å²) in [5, 5.41) is 9.62. The van der Waals surface area contributed by atoms with Crippen LogP contribution >= 0.6 is 11.3 Å². The van der Waals surface area contributed by atoms with Crippen molar-refractivity contribution in [2.45, 2.75) is 13.5 Å². The molecule has 6 rings (SSSR count). The zero-order valence-corrected chi connectivity index (χ0v) is 19.1. The summed E-state index contributed by atoms with van der Waals surface area (Å²) in [6, 6.07) is 20.5. The van der Waals surface area contributed by atoms with E-state index in [1.165, 1.54) is 10.1 Å². The lowest BCUT2D eigenvalue weighted by Crippen LogP contribution is -2.47. The topological polar surface area (TPSA) is 67.5 Å². The minimum atomic E-state index is 0.635. The van der Waals surface area contributed by atoms with Gasteiger partial charge in [0.1, 0.15) is 5.75 Å². The molecule has 0 N–H and O–H groups in total. The zero-order chi connectivity index (χ0) is 22.2. The van der Waals surface area contributed by atoms with Crippen LogP contribution in [0.15, 0.2) is 65.2 Å². The van der Waals surface area contributed by atoms with Gasteiger partial charge in [0.05, 0.1) is 21.8 Å². The number of fused-ring (bicyclic) bond motifs is 2. The number of aryl methyl sites for hydroxylation is 1. The number of rotatable bonds is 5. The van der Waals surface area contributed by atoms with Crippen LogP contribution < -0.4 is 4.84 Å². The van der Waals surface area contributed by atoms with Crippen molar-refractivity contribution in [1.82, 2.24) is 25.1 Å². The third-order valence-corrected chi connectivity index (χ3v) is 6.84. The van der Waals surface area contributed by atoms with Gasteiger partial charge in [0.15, 0.2) is 0 Å². The van der Waals surface area contributed by atoms with Gasteiger partial charge >= 0.3 is 0 Å². The Morgan fingerprint density at radius 2 is 1.82 bits per heavy atom. The lowest BCUT2D eigenvalue weighted by Gasteiger charge is -2.33. The number of hydroxylamine groups is 2. The van der Waals surface area contributed by atoms with Crippen molar-refractivity contribution < 1.29 is 9.36 Å². The Kier molecular flexibility index (Phi) is 5.26. The van der Waals surface area contributed by atoms with E-state index in [4.69, 9.17) is 9.36 Å². The quantitative estimate of drug-likeness (QED) is 0.371. The second-order valence-corrected chi connectivity index (χ2v) is 9.43. The van der Waals surface area contributed by atoms with Crippen LogP contribution in [0.25, 0.3) is 32.4 Å². The zero-order valence-electron chi connectivity index (χ0n) is 18.3. The average Bonchev–Trinajstić information content (AvgIpc) is 3.45. The number of aromatic nitrogens is 3. The summed E-state index contributed by atoms with van der Waals surface area (Å²) in [5.74, 6) is 2.10. The van der Waals surface area contributed by atoms with Gasteiger partial charge in [-0.25, -0.2) is 4.98 Å². The van der Waals surface area contributed by atoms with Crippen LogP contribution in [0.1, 0.15) is 10.9 Å². The van der Waals surface area contributed by atoms with Crippen molar-refractivity contribution in [3.05, 3.63) is 71.6 Å². The number of hydrogen-bond acceptors (Lipinski definition) is 8. The molecule has 166 valence electrons. The van der Waals surface area contributed by atoms with E-state index in [9.17, 15) is 0 Å². The highest BCUT2D eigenvalue weighted by Gasteiger charge is 2.21. The van der Waals surface area contributed by atoms with Crippen molar-refractivity contribution in [1.29, 1.82) is 0 Å². The Hall–Kier alpha value is -3.33. The Labute approximate surface area is 195 Å². The first-order chi connectivity index (χ1) is 16.2. The average molecular weight is 458 g/mol. The maximum absolute atomic E-state index is 6.09. The molecular weight excluding hydrogens is 434 g/mol. The predicted octanol–water partition coefficient (Wildman–Crippen LogP) is 4.92. The van der Waals surface area contributed by atoms with E-state index >= 15 is 0 Å². The number of piperazine rings is 1. The van der Waals surface area contributed by atoms with Crippen LogP contribution in [0.3, 0.4) is 0 Å². The Bertz CT molecular complexity index is 1420. The molecule has 0 unspecified atom stereocenters. The lowest BCUT2D eigenvalue weighted by atomic mass is 10.0. The molecule has 0 radical (unpaired) electrons. The number of hydrogen-bond donors (Lipinski definition) is 0. The summed E-state index contributed by atoms with van der Waals surface area (Å²) in [6.45, 7) is 6.00. The summed E-state index contributed by atoms with van der Waals surface area (Å²) in [5.41, 5.74) is 1.99. The molecule has 2 aromatic heterocycles. The summed E-state index contributed by atoms with van der Waals surface area (Å²) in [7, 11) is 0. The smallest absolute Gasteiger partial charge is 0.241 e. The van der Waals surface area contributed by atoms with Gasteiger partial charge in [-0.1, -0.05) is 47.6 Å². The molecule has 0 saturated carbocycles. The molecule has 0 aliphatic carbocycles. The fourth-order valence-corrected chi connectivity index (χ4v) is 5.05. The minimum Gasteiger partial charge on any atom is -0.406 e. The maximum Gasteiger partial charge on any atom is 0.241 e. The monoisotopic (exact) mass is 457 g/mol. The third kappa shape index (κ3) is 4.20. The normalized spacial score (nSPS) is 15.4. The summed E-state index contributed by atoms with van der Waals surface area (Å²) in [4.78, 5) is 17.6. The Morgan fingerprint density at radius 1 is 0.970 bits per heavy atom. The Morgan fingerprint density at radius 3 is 2.73 bits per heavy atom.